The minimum atomic E-state index is 0.215. The number of hydrogen-bond donors (Lipinski definition) is 0. The molecule has 0 saturated heterocycles. The largest absolute Gasteiger partial charge is 0.493 e. The van der Waals surface area contributed by atoms with Crippen molar-refractivity contribution < 1.29 is 9.47 Å². The molecule has 0 saturated carbocycles. The number of halogens is 1. The molecule has 2 aromatic carbocycles. The molecule has 0 amide bonds. The Bertz CT molecular complexity index is 1270. The van der Waals surface area contributed by atoms with Crippen LogP contribution in [0.1, 0.15) is 33.5 Å². The van der Waals surface area contributed by atoms with Gasteiger partial charge in [0, 0.05) is 35.7 Å². The standard InChI is InChI=1S/C16H9ClN2O.C10H8O/c17-14-8-12(10-19-15(14)9-18)2-1-11-3-4-16-13(7-11)5-6-20-16;1-2-8-3-4-10-9(7-8)5-6-11-10/h3-4,7-8,10H,5-6H2;1,3-4,7H,5-6H2. The summed E-state index contributed by atoms with van der Waals surface area (Å²) in [6, 6.07) is 15.3. The van der Waals surface area contributed by atoms with Crippen molar-refractivity contribution in [1.29, 1.82) is 5.26 Å². The van der Waals surface area contributed by atoms with E-state index in [4.69, 9.17) is 32.8 Å². The van der Waals surface area contributed by atoms with Gasteiger partial charge in [0.1, 0.15) is 17.6 Å². The lowest BCUT2D eigenvalue weighted by atomic mass is 10.1. The van der Waals surface area contributed by atoms with Crippen molar-refractivity contribution in [2.75, 3.05) is 13.2 Å². The minimum absolute atomic E-state index is 0.215. The lowest BCUT2D eigenvalue weighted by molar-refractivity contribution is 0.356. The predicted octanol–water partition coefficient (Wildman–Crippen LogP) is 4.54. The minimum Gasteiger partial charge on any atom is -0.493 e. The highest BCUT2D eigenvalue weighted by atomic mass is 35.5. The molecule has 3 heterocycles. The first-order valence-corrected chi connectivity index (χ1v) is 10.1. The molecule has 5 heteroatoms. The zero-order valence-electron chi connectivity index (χ0n) is 16.6. The smallest absolute Gasteiger partial charge is 0.159 e. The maximum absolute atomic E-state index is 8.76. The Labute approximate surface area is 186 Å². The lowest BCUT2D eigenvalue weighted by Gasteiger charge is -1.98. The number of terminal acetylenes is 1. The van der Waals surface area contributed by atoms with Gasteiger partial charge in [0.15, 0.2) is 5.69 Å². The van der Waals surface area contributed by atoms with Crippen LogP contribution in [0, 0.1) is 35.5 Å². The van der Waals surface area contributed by atoms with Crippen LogP contribution in [0.4, 0.5) is 0 Å². The van der Waals surface area contributed by atoms with Crippen molar-refractivity contribution in [1.82, 2.24) is 4.98 Å². The average Bonchev–Trinajstić information content (AvgIpc) is 3.46. The Hall–Kier alpha value is -3.91. The second kappa shape index (κ2) is 9.27. The van der Waals surface area contributed by atoms with Crippen molar-refractivity contribution in [3.8, 4) is 41.8 Å². The van der Waals surface area contributed by atoms with Crippen molar-refractivity contribution in [2.24, 2.45) is 0 Å². The van der Waals surface area contributed by atoms with Crippen LogP contribution in [0.5, 0.6) is 11.5 Å². The Balaban J connectivity index is 0.000000177. The van der Waals surface area contributed by atoms with E-state index in [9.17, 15) is 0 Å². The highest BCUT2D eigenvalue weighted by molar-refractivity contribution is 6.31. The number of fused-ring (bicyclic) bond motifs is 2. The van der Waals surface area contributed by atoms with E-state index in [1.807, 2.05) is 42.5 Å². The molecule has 2 aliphatic heterocycles. The SMILES string of the molecule is C#Cc1ccc2c(c1)CCO2.N#Cc1ncc(C#Cc2ccc3c(c2)CCO3)cc1Cl. The lowest BCUT2D eigenvalue weighted by Crippen LogP contribution is -1.86. The summed E-state index contributed by atoms with van der Waals surface area (Å²) in [4.78, 5) is 3.95. The van der Waals surface area contributed by atoms with Crippen LogP contribution in [0.15, 0.2) is 48.7 Å². The normalized spacial score (nSPS) is 12.4. The summed E-state index contributed by atoms with van der Waals surface area (Å²) in [6.45, 7) is 1.53. The number of pyridine rings is 1. The third-order valence-corrected chi connectivity index (χ3v) is 5.13. The highest BCUT2D eigenvalue weighted by Crippen LogP contribution is 2.26. The number of nitrogens with zero attached hydrogens (tertiary/aromatic N) is 2. The Morgan fingerprint density at radius 1 is 0.871 bits per heavy atom. The number of aromatic nitrogens is 1. The molecule has 150 valence electrons. The van der Waals surface area contributed by atoms with E-state index in [0.717, 1.165) is 48.7 Å². The van der Waals surface area contributed by atoms with E-state index >= 15 is 0 Å². The molecule has 0 radical (unpaired) electrons. The summed E-state index contributed by atoms with van der Waals surface area (Å²) in [5.74, 6) is 10.6. The zero-order chi connectivity index (χ0) is 21.6. The molecule has 31 heavy (non-hydrogen) atoms. The monoisotopic (exact) mass is 424 g/mol. The summed E-state index contributed by atoms with van der Waals surface area (Å²) in [5.41, 5.74) is 5.19. The van der Waals surface area contributed by atoms with Crippen LogP contribution in [0.3, 0.4) is 0 Å². The summed E-state index contributed by atoms with van der Waals surface area (Å²) in [6.07, 6.45) is 8.72. The second-order valence-electron chi connectivity index (χ2n) is 6.90. The van der Waals surface area contributed by atoms with E-state index in [-0.39, 0.29) is 5.69 Å². The van der Waals surface area contributed by atoms with Gasteiger partial charge in [-0.1, -0.05) is 29.4 Å². The number of nitriles is 1. The van der Waals surface area contributed by atoms with Gasteiger partial charge in [0.25, 0.3) is 0 Å². The molecule has 0 N–H and O–H groups in total. The van der Waals surface area contributed by atoms with E-state index in [1.54, 1.807) is 12.3 Å². The molecule has 0 atom stereocenters. The molecule has 0 spiro atoms. The van der Waals surface area contributed by atoms with E-state index < -0.39 is 0 Å². The fraction of sp³-hybridized carbons (Fsp3) is 0.154. The summed E-state index contributed by atoms with van der Waals surface area (Å²) >= 11 is 5.92. The van der Waals surface area contributed by atoms with Crippen molar-refractivity contribution in [2.45, 2.75) is 12.8 Å². The summed E-state index contributed by atoms with van der Waals surface area (Å²) in [7, 11) is 0. The molecule has 0 fully saturated rings. The van der Waals surface area contributed by atoms with Crippen LogP contribution in [-0.2, 0) is 12.8 Å². The van der Waals surface area contributed by atoms with Gasteiger partial charge in [-0.2, -0.15) is 5.26 Å². The van der Waals surface area contributed by atoms with Gasteiger partial charge >= 0.3 is 0 Å². The van der Waals surface area contributed by atoms with Gasteiger partial charge in [-0.15, -0.1) is 6.42 Å². The third kappa shape index (κ3) is 4.81. The predicted molar refractivity (Wildman–Crippen MR) is 119 cm³/mol. The number of hydrogen-bond acceptors (Lipinski definition) is 4. The van der Waals surface area contributed by atoms with Gasteiger partial charge < -0.3 is 9.47 Å². The van der Waals surface area contributed by atoms with Gasteiger partial charge in [0.05, 0.1) is 18.2 Å². The van der Waals surface area contributed by atoms with Crippen LogP contribution in [0.25, 0.3) is 0 Å². The molecular weight excluding hydrogens is 408 g/mol. The molecule has 0 bridgehead atoms. The first-order valence-electron chi connectivity index (χ1n) is 9.72. The van der Waals surface area contributed by atoms with Gasteiger partial charge in [-0.3, -0.25) is 0 Å². The van der Waals surface area contributed by atoms with E-state index in [1.165, 1.54) is 11.1 Å². The van der Waals surface area contributed by atoms with Crippen LogP contribution in [0.2, 0.25) is 5.02 Å². The second-order valence-corrected chi connectivity index (χ2v) is 7.31. The van der Waals surface area contributed by atoms with Crippen molar-refractivity contribution >= 4 is 11.6 Å². The summed E-state index contributed by atoms with van der Waals surface area (Å²) < 4.78 is 10.8. The van der Waals surface area contributed by atoms with Crippen molar-refractivity contribution in [3.63, 3.8) is 0 Å². The number of ether oxygens (including phenoxy) is 2. The molecular formula is C26H17ClN2O2. The number of rotatable bonds is 0. The molecule has 0 aliphatic carbocycles. The van der Waals surface area contributed by atoms with Crippen LogP contribution in [-0.4, -0.2) is 18.2 Å². The van der Waals surface area contributed by atoms with Gasteiger partial charge in [-0.05, 0) is 53.6 Å². The van der Waals surface area contributed by atoms with E-state index in [0.29, 0.717) is 10.6 Å². The van der Waals surface area contributed by atoms with Crippen LogP contribution >= 0.6 is 11.6 Å². The van der Waals surface area contributed by atoms with Gasteiger partial charge in [0.2, 0.25) is 0 Å². The average molecular weight is 425 g/mol. The molecule has 3 aromatic rings. The maximum Gasteiger partial charge on any atom is 0.159 e. The molecule has 0 unspecified atom stereocenters. The Morgan fingerprint density at radius 3 is 2.10 bits per heavy atom. The Morgan fingerprint density at radius 2 is 1.48 bits per heavy atom. The third-order valence-electron chi connectivity index (χ3n) is 4.84. The van der Waals surface area contributed by atoms with E-state index in [2.05, 4.69) is 22.7 Å². The molecule has 1 aromatic heterocycles. The highest BCUT2D eigenvalue weighted by Gasteiger charge is 2.11. The quantitative estimate of drug-likeness (QED) is 0.497. The topological polar surface area (TPSA) is 55.1 Å². The maximum atomic E-state index is 8.76. The molecule has 4 nitrogen and oxygen atoms in total. The number of benzene rings is 2. The Kier molecular flexibility index (Phi) is 6.09. The van der Waals surface area contributed by atoms with Gasteiger partial charge in [-0.25, -0.2) is 4.98 Å². The van der Waals surface area contributed by atoms with Crippen molar-refractivity contribution in [3.05, 3.63) is 87.2 Å². The first-order chi connectivity index (χ1) is 15.2. The first kappa shape index (κ1) is 20.4. The van der Waals surface area contributed by atoms with Crippen LogP contribution < -0.4 is 9.47 Å². The fourth-order valence-corrected chi connectivity index (χ4v) is 3.48. The fourth-order valence-electron chi connectivity index (χ4n) is 3.27. The summed E-state index contributed by atoms with van der Waals surface area (Å²) in [5, 5.41) is 9.08. The molecule has 2 aliphatic rings. The zero-order valence-corrected chi connectivity index (χ0v) is 17.4. The molecule has 5 rings (SSSR count).